The number of hydrogen-bond donors (Lipinski definition) is 1. The van der Waals surface area contributed by atoms with Gasteiger partial charge in [-0.15, -0.1) is 0 Å². The molecule has 0 unspecified atom stereocenters. The summed E-state index contributed by atoms with van der Waals surface area (Å²) in [7, 11) is 0. The van der Waals surface area contributed by atoms with Gasteiger partial charge in [-0.3, -0.25) is 9.69 Å². The van der Waals surface area contributed by atoms with Gasteiger partial charge in [0.15, 0.2) is 6.04 Å². The number of amides is 1. The fourth-order valence-corrected chi connectivity index (χ4v) is 3.56. The second-order valence-corrected chi connectivity index (χ2v) is 6.59. The van der Waals surface area contributed by atoms with Gasteiger partial charge in [-0.2, -0.15) is 0 Å². The second-order valence-electron chi connectivity index (χ2n) is 6.59. The fraction of sp³-hybridized carbons (Fsp3) is 0.529. The van der Waals surface area contributed by atoms with Crippen LogP contribution in [0, 0.1) is 17.6 Å². The second kappa shape index (κ2) is 6.12. The highest BCUT2D eigenvalue weighted by molar-refractivity contribution is 5.97. The van der Waals surface area contributed by atoms with Crippen molar-refractivity contribution in [3.8, 4) is 0 Å². The van der Waals surface area contributed by atoms with Crippen molar-refractivity contribution >= 4 is 11.9 Å². The minimum Gasteiger partial charge on any atom is -0.480 e. The molecular formula is C17H19F2NO4. The lowest BCUT2D eigenvalue weighted by atomic mass is 9.83. The molecule has 1 aliphatic carbocycles. The number of halogens is 2. The van der Waals surface area contributed by atoms with Crippen LogP contribution in [-0.2, 0) is 9.53 Å². The number of carbonyl (C=O) groups excluding carboxylic acids is 1. The van der Waals surface area contributed by atoms with Crippen molar-refractivity contribution < 1.29 is 28.2 Å². The SMILES string of the molecule is CC1CCC2(CC1)OC[C@H](C(=O)O)N2C(=O)c1ccc(F)cc1F. The summed E-state index contributed by atoms with van der Waals surface area (Å²) < 4.78 is 32.9. The predicted octanol–water partition coefficient (Wildman–Crippen LogP) is 2.80. The summed E-state index contributed by atoms with van der Waals surface area (Å²) in [6.45, 7) is 1.96. The molecule has 3 rings (SSSR count). The van der Waals surface area contributed by atoms with Crippen LogP contribution in [0.5, 0.6) is 0 Å². The van der Waals surface area contributed by atoms with Gasteiger partial charge < -0.3 is 9.84 Å². The predicted molar refractivity (Wildman–Crippen MR) is 80.3 cm³/mol. The van der Waals surface area contributed by atoms with E-state index in [0.29, 0.717) is 24.8 Å². The first-order chi connectivity index (χ1) is 11.3. The van der Waals surface area contributed by atoms with E-state index in [1.54, 1.807) is 0 Å². The van der Waals surface area contributed by atoms with Crippen molar-refractivity contribution in [1.82, 2.24) is 4.90 Å². The number of hydrogen-bond acceptors (Lipinski definition) is 3. The van der Waals surface area contributed by atoms with Gasteiger partial charge in [0.25, 0.3) is 5.91 Å². The number of aliphatic carboxylic acids is 1. The van der Waals surface area contributed by atoms with E-state index in [9.17, 15) is 23.5 Å². The summed E-state index contributed by atoms with van der Waals surface area (Å²) in [6.07, 6.45) is 2.60. The van der Waals surface area contributed by atoms with E-state index in [-0.39, 0.29) is 12.2 Å². The van der Waals surface area contributed by atoms with E-state index < -0.39 is 35.3 Å². The van der Waals surface area contributed by atoms with Gasteiger partial charge in [-0.25, -0.2) is 13.6 Å². The van der Waals surface area contributed by atoms with Gasteiger partial charge in [0.2, 0.25) is 0 Å². The number of carboxylic acids is 1. The Bertz CT molecular complexity index is 671. The molecule has 1 heterocycles. The molecule has 2 aliphatic rings. The number of carbonyl (C=O) groups is 2. The van der Waals surface area contributed by atoms with E-state index in [4.69, 9.17) is 4.74 Å². The van der Waals surface area contributed by atoms with Crippen LogP contribution in [0.2, 0.25) is 0 Å². The minimum atomic E-state index is -1.19. The van der Waals surface area contributed by atoms with Crippen molar-refractivity contribution in [3.63, 3.8) is 0 Å². The molecule has 0 radical (unpaired) electrons. The molecule has 7 heteroatoms. The highest BCUT2D eigenvalue weighted by atomic mass is 19.1. The zero-order valence-electron chi connectivity index (χ0n) is 13.3. The van der Waals surface area contributed by atoms with Gasteiger partial charge in [0, 0.05) is 6.07 Å². The van der Waals surface area contributed by atoms with Gasteiger partial charge in [0.05, 0.1) is 12.2 Å². The first-order valence-electron chi connectivity index (χ1n) is 7.99. The normalized spacial score (nSPS) is 29.9. The van der Waals surface area contributed by atoms with E-state index in [0.717, 1.165) is 29.9 Å². The summed E-state index contributed by atoms with van der Waals surface area (Å²) in [5.74, 6) is -3.30. The maximum Gasteiger partial charge on any atom is 0.328 e. The summed E-state index contributed by atoms with van der Waals surface area (Å²) >= 11 is 0. The Kier molecular flexibility index (Phi) is 4.29. The van der Waals surface area contributed by atoms with E-state index in [1.807, 2.05) is 0 Å². The van der Waals surface area contributed by atoms with Crippen molar-refractivity contribution in [2.24, 2.45) is 5.92 Å². The number of carboxylic acid groups (broad SMARTS) is 1. The maximum atomic E-state index is 14.0. The highest BCUT2D eigenvalue weighted by Gasteiger charge is 2.54. The van der Waals surface area contributed by atoms with Gasteiger partial charge in [-0.05, 0) is 43.7 Å². The molecule has 2 fully saturated rings. The molecular weight excluding hydrogens is 320 g/mol. The Labute approximate surface area is 138 Å². The lowest BCUT2D eigenvalue weighted by Gasteiger charge is -2.42. The molecule has 1 saturated carbocycles. The quantitative estimate of drug-likeness (QED) is 0.900. The lowest BCUT2D eigenvalue weighted by Crippen LogP contribution is -2.55. The molecule has 1 aliphatic heterocycles. The molecule has 1 amide bonds. The summed E-state index contributed by atoms with van der Waals surface area (Å²) in [5, 5.41) is 9.43. The molecule has 1 spiro atoms. The average molecular weight is 339 g/mol. The monoisotopic (exact) mass is 339 g/mol. The molecule has 1 saturated heterocycles. The highest BCUT2D eigenvalue weighted by Crippen LogP contribution is 2.43. The molecule has 1 N–H and O–H groups in total. The smallest absolute Gasteiger partial charge is 0.328 e. The molecule has 1 atom stereocenters. The molecule has 5 nitrogen and oxygen atoms in total. The average Bonchev–Trinajstić information content (AvgIpc) is 2.89. The van der Waals surface area contributed by atoms with E-state index in [2.05, 4.69) is 6.92 Å². The van der Waals surface area contributed by atoms with Crippen LogP contribution in [0.4, 0.5) is 8.78 Å². The Balaban J connectivity index is 1.98. The minimum absolute atomic E-state index is 0.127. The first-order valence-corrected chi connectivity index (χ1v) is 7.99. The molecule has 24 heavy (non-hydrogen) atoms. The standard InChI is InChI=1S/C17H19F2NO4/c1-10-4-6-17(7-5-10)20(14(9-24-17)16(22)23)15(21)12-3-2-11(18)8-13(12)19/h2-3,8,10,14H,4-7,9H2,1H3,(H,22,23)/t10?,14-,17?/m1/s1. The lowest BCUT2D eigenvalue weighted by molar-refractivity contribution is -0.143. The molecule has 0 bridgehead atoms. The summed E-state index contributed by atoms with van der Waals surface area (Å²) in [5.41, 5.74) is -1.36. The largest absolute Gasteiger partial charge is 0.480 e. The van der Waals surface area contributed by atoms with Crippen LogP contribution in [0.3, 0.4) is 0 Å². The van der Waals surface area contributed by atoms with Crippen molar-refractivity contribution in [3.05, 3.63) is 35.4 Å². The third-order valence-corrected chi connectivity index (χ3v) is 4.98. The zero-order chi connectivity index (χ0) is 17.5. The Morgan fingerprint density at radius 1 is 1.29 bits per heavy atom. The summed E-state index contributed by atoms with van der Waals surface area (Å²) in [4.78, 5) is 25.6. The number of rotatable bonds is 2. The van der Waals surface area contributed by atoms with Crippen LogP contribution in [0.1, 0.15) is 43.0 Å². The summed E-state index contributed by atoms with van der Waals surface area (Å²) in [6, 6.07) is 1.48. The Morgan fingerprint density at radius 2 is 1.96 bits per heavy atom. The van der Waals surface area contributed by atoms with Crippen LogP contribution in [-0.4, -0.2) is 40.3 Å². The molecule has 1 aromatic rings. The van der Waals surface area contributed by atoms with Crippen molar-refractivity contribution in [1.29, 1.82) is 0 Å². The zero-order valence-corrected chi connectivity index (χ0v) is 13.3. The van der Waals surface area contributed by atoms with Crippen LogP contribution in [0.25, 0.3) is 0 Å². The van der Waals surface area contributed by atoms with Crippen molar-refractivity contribution in [2.75, 3.05) is 6.61 Å². The van der Waals surface area contributed by atoms with E-state index in [1.165, 1.54) is 0 Å². The fourth-order valence-electron chi connectivity index (χ4n) is 3.56. The van der Waals surface area contributed by atoms with Crippen LogP contribution < -0.4 is 0 Å². The third kappa shape index (κ3) is 2.77. The maximum absolute atomic E-state index is 14.0. The number of benzene rings is 1. The topological polar surface area (TPSA) is 66.8 Å². The number of nitrogens with zero attached hydrogens (tertiary/aromatic N) is 1. The van der Waals surface area contributed by atoms with E-state index >= 15 is 0 Å². The first kappa shape index (κ1) is 16.8. The Morgan fingerprint density at radius 3 is 2.54 bits per heavy atom. The Hall–Kier alpha value is -2.02. The van der Waals surface area contributed by atoms with Crippen LogP contribution in [0.15, 0.2) is 18.2 Å². The van der Waals surface area contributed by atoms with Gasteiger partial charge >= 0.3 is 5.97 Å². The van der Waals surface area contributed by atoms with Gasteiger partial charge in [0.1, 0.15) is 17.4 Å². The van der Waals surface area contributed by atoms with Gasteiger partial charge in [-0.1, -0.05) is 6.92 Å². The van der Waals surface area contributed by atoms with Crippen LogP contribution >= 0.6 is 0 Å². The van der Waals surface area contributed by atoms with Crippen molar-refractivity contribution in [2.45, 2.75) is 44.4 Å². The molecule has 130 valence electrons. The third-order valence-electron chi connectivity index (χ3n) is 4.98. The molecule has 1 aromatic carbocycles. The molecule has 0 aromatic heterocycles. The number of ether oxygens (including phenoxy) is 1.